The molecule has 0 spiro atoms. The van der Waals surface area contributed by atoms with E-state index < -0.39 is 0 Å². The highest BCUT2D eigenvalue weighted by molar-refractivity contribution is 5.93. The number of nitrogens with one attached hydrogen (secondary N) is 1. The number of benzene rings is 1. The van der Waals surface area contributed by atoms with Gasteiger partial charge in [-0.25, -0.2) is 9.07 Å². The quantitative estimate of drug-likeness (QED) is 0.846. The van der Waals surface area contributed by atoms with Crippen LogP contribution in [-0.2, 0) is 0 Å². The molecule has 6 nitrogen and oxygen atoms in total. The molecule has 2 saturated heterocycles. The zero-order valence-corrected chi connectivity index (χ0v) is 16.9. The van der Waals surface area contributed by atoms with Crippen molar-refractivity contribution < 1.29 is 9.18 Å². The predicted octanol–water partition coefficient (Wildman–Crippen LogP) is 3.44. The fraction of sp³-hybridized carbons (Fsp3) is 0.550. The minimum absolute atomic E-state index is 0. The number of halogens is 2. The summed E-state index contributed by atoms with van der Waals surface area (Å²) < 4.78 is 15.2. The van der Waals surface area contributed by atoms with Crippen LogP contribution < -0.4 is 5.32 Å². The number of aromatic nitrogens is 3. The molecule has 1 atom stereocenters. The van der Waals surface area contributed by atoms with Crippen molar-refractivity contribution in [2.24, 2.45) is 0 Å². The number of likely N-dealkylation sites (tertiary alicyclic amines) is 1. The summed E-state index contributed by atoms with van der Waals surface area (Å²) in [6.45, 7) is 4.56. The van der Waals surface area contributed by atoms with E-state index in [1.165, 1.54) is 12.1 Å². The number of carbonyl (C=O) groups is 1. The van der Waals surface area contributed by atoms with Gasteiger partial charge in [0.2, 0.25) is 0 Å². The van der Waals surface area contributed by atoms with Crippen LogP contribution in [0.2, 0.25) is 0 Å². The second kappa shape index (κ2) is 9.01. The van der Waals surface area contributed by atoms with Gasteiger partial charge in [0.15, 0.2) is 5.69 Å². The molecule has 1 unspecified atom stereocenters. The number of piperidine rings is 2. The summed E-state index contributed by atoms with van der Waals surface area (Å²) in [7, 11) is 0. The van der Waals surface area contributed by atoms with Crippen molar-refractivity contribution in [1.29, 1.82) is 0 Å². The molecule has 8 heteroatoms. The first-order valence-corrected chi connectivity index (χ1v) is 9.84. The minimum atomic E-state index is -0.256. The van der Waals surface area contributed by atoms with Gasteiger partial charge < -0.3 is 10.2 Å². The number of carbonyl (C=O) groups excluding carboxylic acids is 1. The topological polar surface area (TPSA) is 63.1 Å². The van der Waals surface area contributed by atoms with Crippen LogP contribution in [0.1, 0.15) is 65.9 Å². The van der Waals surface area contributed by atoms with Crippen LogP contribution in [0.4, 0.5) is 4.39 Å². The summed E-state index contributed by atoms with van der Waals surface area (Å²) in [5.74, 6) is -0.324. The molecule has 1 aromatic heterocycles. The molecular formula is C20H27ClFN5O. The Morgan fingerprint density at radius 2 is 1.86 bits per heavy atom. The lowest BCUT2D eigenvalue weighted by Crippen LogP contribution is -2.39. The molecule has 0 bridgehead atoms. The molecule has 2 aliphatic rings. The molecule has 1 aromatic carbocycles. The first kappa shape index (κ1) is 20.7. The van der Waals surface area contributed by atoms with Crippen molar-refractivity contribution in [3.63, 3.8) is 0 Å². The lowest BCUT2D eigenvalue weighted by atomic mass is 9.94. The van der Waals surface area contributed by atoms with Crippen molar-refractivity contribution in [2.45, 2.75) is 51.1 Å². The molecule has 28 heavy (non-hydrogen) atoms. The highest BCUT2D eigenvalue weighted by atomic mass is 35.5. The van der Waals surface area contributed by atoms with Gasteiger partial charge >= 0.3 is 0 Å². The van der Waals surface area contributed by atoms with Crippen molar-refractivity contribution in [3.05, 3.63) is 47.0 Å². The number of nitrogens with zero attached hydrogens (tertiary/aromatic N) is 4. The molecule has 2 aliphatic heterocycles. The minimum Gasteiger partial charge on any atom is -0.330 e. The normalized spacial score (nSPS) is 20.6. The molecule has 0 radical (unpaired) electrons. The molecule has 3 heterocycles. The Bertz CT molecular complexity index is 803. The third-order valence-electron chi connectivity index (χ3n) is 5.80. The monoisotopic (exact) mass is 407 g/mol. The molecule has 1 N–H and O–H groups in total. The van der Waals surface area contributed by atoms with Crippen LogP contribution in [0.15, 0.2) is 24.3 Å². The first-order valence-electron chi connectivity index (χ1n) is 9.84. The van der Waals surface area contributed by atoms with Gasteiger partial charge in [0.25, 0.3) is 5.91 Å². The van der Waals surface area contributed by atoms with E-state index in [0.717, 1.165) is 56.5 Å². The fourth-order valence-corrected chi connectivity index (χ4v) is 4.28. The van der Waals surface area contributed by atoms with Crippen LogP contribution >= 0.6 is 12.4 Å². The van der Waals surface area contributed by atoms with Crippen LogP contribution in [0, 0.1) is 12.7 Å². The Morgan fingerprint density at radius 3 is 2.57 bits per heavy atom. The van der Waals surface area contributed by atoms with E-state index in [1.807, 2.05) is 16.5 Å². The van der Waals surface area contributed by atoms with Crippen LogP contribution in [0.5, 0.6) is 0 Å². The predicted molar refractivity (Wildman–Crippen MR) is 107 cm³/mol. The van der Waals surface area contributed by atoms with Crippen molar-refractivity contribution in [2.75, 3.05) is 19.6 Å². The van der Waals surface area contributed by atoms with Crippen LogP contribution in [0.25, 0.3) is 0 Å². The van der Waals surface area contributed by atoms with Gasteiger partial charge in [-0.3, -0.25) is 4.79 Å². The molecule has 2 fully saturated rings. The van der Waals surface area contributed by atoms with Crippen molar-refractivity contribution >= 4 is 18.3 Å². The summed E-state index contributed by atoms with van der Waals surface area (Å²) in [6, 6.07) is 6.76. The standard InChI is InChI=1S/C20H26FN5O.ClH/c1-14-19(23-24-26(14)17-9-11-22-12-10-17)20(27)25-13-3-2-4-18(25)15-5-7-16(21)8-6-15;/h5-8,17-18,22H,2-4,9-13H2,1H3;1H. The molecule has 4 rings (SSSR count). The van der Waals surface area contributed by atoms with Gasteiger partial charge in [-0.15, -0.1) is 17.5 Å². The maximum atomic E-state index is 13.3. The third-order valence-corrected chi connectivity index (χ3v) is 5.80. The van der Waals surface area contributed by atoms with Gasteiger partial charge in [0, 0.05) is 6.54 Å². The van der Waals surface area contributed by atoms with Gasteiger partial charge in [0.1, 0.15) is 5.82 Å². The van der Waals surface area contributed by atoms with Gasteiger partial charge in [0.05, 0.1) is 17.8 Å². The van der Waals surface area contributed by atoms with E-state index in [2.05, 4.69) is 15.6 Å². The highest BCUT2D eigenvalue weighted by Crippen LogP contribution is 2.32. The summed E-state index contributed by atoms with van der Waals surface area (Å²) in [5.41, 5.74) is 2.27. The Balaban J connectivity index is 0.00000225. The maximum Gasteiger partial charge on any atom is 0.276 e. The lowest BCUT2D eigenvalue weighted by molar-refractivity contribution is 0.0604. The van der Waals surface area contributed by atoms with Gasteiger partial charge in [-0.05, 0) is 69.8 Å². The maximum absolute atomic E-state index is 13.3. The Labute approximate surface area is 170 Å². The second-order valence-electron chi connectivity index (χ2n) is 7.51. The SMILES string of the molecule is Cc1c(C(=O)N2CCCCC2c2ccc(F)cc2)nnn1C1CCNCC1.Cl. The molecule has 2 aromatic rings. The summed E-state index contributed by atoms with van der Waals surface area (Å²) in [4.78, 5) is 15.2. The van der Waals surface area contributed by atoms with Gasteiger partial charge in [-0.2, -0.15) is 0 Å². The van der Waals surface area contributed by atoms with Crippen molar-refractivity contribution in [3.8, 4) is 0 Å². The molecule has 1 amide bonds. The average Bonchev–Trinajstić information content (AvgIpc) is 3.10. The average molecular weight is 408 g/mol. The molecule has 152 valence electrons. The summed E-state index contributed by atoms with van der Waals surface area (Å²) in [6.07, 6.45) is 4.93. The van der Waals surface area contributed by atoms with Gasteiger partial charge in [-0.1, -0.05) is 17.3 Å². The van der Waals surface area contributed by atoms with Crippen LogP contribution in [0.3, 0.4) is 0 Å². The Kier molecular flexibility index (Phi) is 6.67. The Hall–Kier alpha value is -1.99. The van der Waals surface area contributed by atoms with E-state index in [-0.39, 0.29) is 30.2 Å². The number of hydrogen-bond acceptors (Lipinski definition) is 4. The smallest absolute Gasteiger partial charge is 0.276 e. The third kappa shape index (κ3) is 4.05. The fourth-order valence-electron chi connectivity index (χ4n) is 4.28. The van der Waals surface area contributed by atoms with E-state index in [0.29, 0.717) is 18.3 Å². The number of rotatable bonds is 3. The van der Waals surface area contributed by atoms with Crippen LogP contribution in [-0.4, -0.2) is 45.4 Å². The van der Waals surface area contributed by atoms with E-state index >= 15 is 0 Å². The lowest BCUT2D eigenvalue weighted by Gasteiger charge is -2.35. The largest absolute Gasteiger partial charge is 0.330 e. The highest BCUT2D eigenvalue weighted by Gasteiger charge is 2.32. The summed E-state index contributed by atoms with van der Waals surface area (Å²) in [5, 5.41) is 11.9. The van der Waals surface area contributed by atoms with E-state index in [9.17, 15) is 9.18 Å². The molecule has 0 aliphatic carbocycles. The number of amides is 1. The zero-order valence-electron chi connectivity index (χ0n) is 16.1. The molecule has 0 saturated carbocycles. The summed E-state index contributed by atoms with van der Waals surface area (Å²) >= 11 is 0. The van der Waals surface area contributed by atoms with E-state index in [4.69, 9.17) is 0 Å². The number of hydrogen-bond donors (Lipinski definition) is 1. The second-order valence-corrected chi connectivity index (χ2v) is 7.51. The Morgan fingerprint density at radius 1 is 1.14 bits per heavy atom. The first-order chi connectivity index (χ1) is 13.1. The molecular weight excluding hydrogens is 381 g/mol. The van der Waals surface area contributed by atoms with Crippen molar-refractivity contribution in [1.82, 2.24) is 25.2 Å². The zero-order chi connectivity index (χ0) is 18.8. The van der Waals surface area contributed by atoms with E-state index in [1.54, 1.807) is 12.1 Å².